The van der Waals surface area contributed by atoms with E-state index in [1.165, 1.54) is 0 Å². The van der Waals surface area contributed by atoms with Crippen LogP contribution in [0.25, 0.3) is 0 Å². The van der Waals surface area contributed by atoms with Crippen molar-refractivity contribution < 1.29 is 10.2 Å². The zero-order chi connectivity index (χ0) is 11.3. The normalized spacial score (nSPS) is 14.4. The second-order valence-corrected chi connectivity index (χ2v) is 3.98. The minimum Gasteiger partial charge on any atom is -0.393 e. The highest BCUT2D eigenvalue weighted by Gasteiger charge is 2.15. The van der Waals surface area contributed by atoms with Crippen LogP contribution in [-0.2, 0) is 0 Å². The minimum absolute atomic E-state index is 0.145. The van der Waals surface area contributed by atoms with Gasteiger partial charge in [0.2, 0.25) is 0 Å². The van der Waals surface area contributed by atoms with E-state index in [1.807, 2.05) is 34.6 Å². The standard InChI is InChI=1S/C11H21NO2/c1-7(2)9(5)12-11(8(3)4)10(14)6-13/h8,10,13-14H,6H2,1-5H3/t10-/m1/s1. The molecule has 0 bridgehead atoms. The fourth-order valence-electron chi connectivity index (χ4n) is 0.987. The van der Waals surface area contributed by atoms with Crippen LogP contribution in [0.15, 0.2) is 16.3 Å². The van der Waals surface area contributed by atoms with Crippen molar-refractivity contribution in [2.45, 2.75) is 40.7 Å². The van der Waals surface area contributed by atoms with E-state index in [2.05, 4.69) is 4.99 Å². The van der Waals surface area contributed by atoms with E-state index >= 15 is 0 Å². The van der Waals surface area contributed by atoms with Gasteiger partial charge >= 0.3 is 0 Å². The van der Waals surface area contributed by atoms with Gasteiger partial charge in [0.15, 0.2) is 0 Å². The van der Waals surface area contributed by atoms with E-state index in [9.17, 15) is 5.11 Å². The molecule has 0 fully saturated rings. The third kappa shape index (κ3) is 4.03. The lowest BCUT2D eigenvalue weighted by Crippen LogP contribution is -2.28. The molecule has 0 saturated heterocycles. The number of allylic oxidation sites excluding steroid dienone is 2. The van der Waals surface area contributed by atoms with Gasteiger partial charge < -0.3 is 10.2 Å². The van der Waals surface area contributed by atoms with Gasteiger partial charge in [0.05, 0.1) is 12.3 Å². The fraction of sp³-hybridized carbons (Fsp3) is 0.727. The molecule has 0 heterocycles. The first-order valence-electron chi connectivity index (χ1n) is 4.91. The van der Waals surface area contributed by atoms with Crippen LogP contribution in [0.4, 0.5) is 0 Å². The van der Waals surface area contributed by atoms with E-state index in [0.717, 1.165) is 11.3 Å². The Hall–Kier alpha value is -0.670. The molecule has 0 aliphatic heterocycles. The van der Waals surface area contributed by atoms with Crippen molar-refractivity contribution in [2.75, 3.05) is 6.61 Å². The van der Waals surface area contributed by atoms with Gasteiger partial charge in [-0.1, -0.05) is 19.4 Å². The molecule has 0 aromatic heterocycles. The summed E-state index contributed by atoms with van der Waals surface area (Å²) < 4.78 is 0. The molecule has 1 atom stereocenters. The van der Waals surface area contributed by atoms with Gasteiger partial charge in [-0.05, 0) is 26.7 Å². The third-order valence-electron chi connectivity index (χ3n) is 2.13. The van der Waals surface area contributed by atoms with Crippen LogP contribution in [0.3, 0.4) is 0 Å². The van der Waals surface area contributed by atoms with Crippen molar-refractivity contribution in [1.29, 1.82) is 0 Å². The number of hydrogen-bond donors (Lipinski definition) is 2. The smallest absolute Gasteiger partial charge is 0.115 e. The van der Waals surface area contributed by atoms with Gasteiger partial charge in [0, 0.05) is 5.70 Å². The predicted molar refractivity (Wildman–Crippen MR) is 59.4 cm³/mol. The quantitative estimate of drug-likeness (QED) is 0.678. The summed E-state index contributed by atoms with van der Waals surface area (Å²) in [6, 6.07) is 0. The molecular formula is C11H21NO2. The zero-order valence-corrected chi connectivity index (χ0v) is 9.70. The van der Waals surface area contributed by atoms with Crippen LogP contribution in [-0.4, -0.2) is 28.6 Å². The first-order valence-corrected chi connectivity index (χ1v) is 4.91. The maximum absolute atomic E-state index is 9.52. The second kappa shape index (κ2) is 5.94. The van der Waals surface area contributed by atoms with Crippen molar-refractivity contribution in [1.82, 2.24) is 0 Å². The monoisotopic (exact) mass is 199 g/mol. The topological polar surface area (TPSA) is 52.8 Å². The summed E-state index contributed by atoms with van der Waals surface area (Å²) in [4.78, 5) is 4.33. The molecule has 3 heteroatoms. The molecule has 14 heavy (non-hydrogen) atoms. The van der Waals surface area contributed by atoms with Gasteiger partial charge in [-0.2, -0.15) is 0 Å². The third-order valence-corrected chi connectivity index (χ3v) is 2.13. The van der Waals surface area contributed by atoms with Crippen LogP contribution in [0.2, 0.25) is 0 Å². The average molecular weight is 199 g/mol. The van der Waals surface area contributed by atoms with Crippen molar-refractivity contribution in [3.63, 3.8) is 0 Å². The van der Waals surface area contributed by atoms with Crippen molar-refractivity contribution in [3.05, 3.63) is 11.3 Å². The lowest BCUT2D eigenvalue weighted by molar-refractivity contribution is 0.141. The summed E-state index contributed by atoms with van der Waals surface area (Å²) in [5, 5.41) is 18.4. The van der Waals surface area contributed by atoms with Crippen LogP contribution in [0.1, 0.15) is 34.6 Å². The van der Waals surface area contributed by atoms with E-state index in [-0.39, 0.29) is 12.5 Å². The van der Waals surface area contributed by atoms with Crippen molar-refractivity contribution >= 4 is 5.71 Å². The highest BCUT2D eigenvalue weighted by atomic mass is 16.3. The average Bonchev–Trinajstić information content (AvgIpc) is 2.11. The SMILES string of the molecule is CC(C)=C(C)N=C(C(C)C)[C@H](O)CO. The zero-order valence-electron chi connectivity index (χ0n) is 9.70. The Kier molecular flexibility index (Phi) is 5.65. The summed E-state index contributed by atoms with van der Waals surface area (Å²) in [5.41, 5.74) is 2.67. The molecule has 0 amide bonds. The molecule has 0 aromatic rings. The van der Waals surface area contributed by atoms with E-state index in [4.69, 9.17) is 5.11 Å². The summed E-state index contributed by atoms with van der Waals surface area (Å²) in [6.45, 7) is 9.49. The summed E-state index contributed by atoms with van der Waals surface area (Å²) in [6.07, 6.45) is -0.843. The van der Waals surface area contributed by atoms with Crippen molar-refractivity contribution in [2.24, 2.45) is 10.9 Å². The molecule has 0 saturated carbocycles. The van der Waals surface area contributed by atoms with Gasteiger partial charge in [0.25, 0.3) is 0 Å². The number of nitrogens with zero attached hydrogens (tertiary/aromatic N) is 1. The molecular weight excluding hydrogens is 178 g/mol. The minimum atomic E-state index is -0.843. The predicted octanol–water partition coefficient (Wildman–Crippen LogP) is 1.75. The lowest BCUT2D eigenvalue weighted by Gasteiger charge is -2.15. The number of aliphatic imine (C=N–C) groups is 1. The lowest BCUT2D eigenvalue weighted by atomic mass is 10.0. The highest BCUT2D eigenvalue weighted by molar-refractivity contribution is 5.91. The van der Waals surface area contributed by atoms with E-state index < -0.39 is 6.10 Å². The van der Waals surface area contributed by atoms with Crippen LogP contribution in [0.5, 0.6) is 0 Å². The Morgan fingerprint density at radius 1 is 1.21 bits per heavy atom. The Labute approximate surface area is 86.2 Å². The van der Waals surface area contributed by atoms with E-state index in [1.54, 1.807) is 0 Å². The Bertz CT molecular complexity index is 238. The molecule has 2 N–H and O–H groups in total. The summed E-state index contributed by atoms with van der Waals surface area (Å²) in [5.74, 6) is 0.145. The van der Waals surface area contributed by atoms with Gasteiger partial charge in [0.1, 0.15) is 6.10 Å². The van der Waals surface area contributed by atoms with Crippen molar-refractivity contribution in [3.8, 4) is 0 Å². The number of rotatable bonds is 4. The van der Waals surface area contributed by atoms with Crippen LogP contribution in [0, 0.1) is 5.92 Å². The van der Waals surface area contributed by atoms with Crippen LogP contribution >= 0.6 is 0 Å². The molecule has 0 aliphatic carbocycles. The van der Waals surface area contributed by atoms with Gasteiger partial charge in [-0.3, -0.25) is 4.99 Å². The Morgan fingerprint density at radius 3 is 2.00 bits per heavy atom. The maximum Gasteiger partial charge on any atom is 0.115 e. The largest absolute Gasteiger partial charge is 0.393 e. The molecule has 0 unspecified atom stereocenters. The van der Waals surface area contributed by atoms with Crippen LogP contribution < -0.4 is 0 Å². The summed E-state index contributed by atoms with van der Waals surface area (Å²) in [7, 11) is 0. The number of hydrogen-bond acceptors (Lipinski definition) is 3. The van der Waals surface area contributed by atoms with Gasteiger partial charge in [-0.15, -0.1) is 0 Å². The Morgan fingerprint density at radius 2 is 1.71 bits per heavy atom. The summed E-state index contributed by atoms with van der Waals surface area (Å²) >= 11 is 0. The number of aliphatic hydroxyl groups is 2. The first kappa shape index (κ1) is 13.3. The molecule has 0 radical (unpaired) electrons. The number of aliphatic hydroxyl groups excluding tert-OH is 2. The molecule has 0 aromatic carbocycles. The first-order chi connectivity index (χ1) is 6.40. The molecule has 0 rings (SSSR count). The van der Waals surface area contributed by atoms with Gasteiger partial charge in [-0.25, -0.2) is 0 Å². The fourth-order valence-corrected chi connectivity index (χ4v) is 0.987. The molecule has 3 nitrogen and oxygen atoms in total. The van der Waals surface area contributed by atoms with E-state index in [0.29, 0.717) is 5.71 Å². The Balaban J connectivity index is 4.92. The maximum atomic E-state index is 9.52. The highest BCUT2D eigenvalue weighted by Crippen LogP contribution is 2.10. The molecule has 82 valence electrons. The molecule has 0 aliphatic rings. The second-order valence-electron chi connectivity index (χ2n) is 3.98. The molecule has 0 spiro atoms.